The second kappa shape index (κ2) is 26.9. The molecule has 0 bridgehead atoms. The Labute approximate surface area is 190 Å². The van der Waals surface area contributed by atoms with Crippen LogP contribution in [0.15, 0.2) is 0 Å². The van der Waals surface area contributed by atoms with E-state index in [4.69, 9.17) is 10.2 Å². The second-order valence-corrected chi connectivity index (χ2v) is 9.36. The summed E-state index contributed by atoms with van der Waals surface area (Å²) in [5.74, 6) is 0. The van der Waals surface area contributed by atoms with E-state index in [0.29, 0.717) is 13.2 Å². The first-order valence-electron chi connectivity index (χ1n) is 13.8. The Morgan fingerprint density at radius 1 is 0.367 bits per heavy atom. The fourth-order valence-electron chi connectivity index (χ4n) is 4.29. The zero-order valence-corrected chi connectivity index (χ0v) is 20.7. The molecule has 30 heavy (non-hydrogen) atoms. The average molecular weight is 428 g/mol. The van der Waals surface area contributed by atoms with E-state index in [0.717, 1.165) is 12.8 Å². The van der Waals surface area contributed by atoms with E-state index in [9.17, 15) is 0 Å². The molecule has 0 aliphatic rings. The van der Waals surface area contributed by atoms with Crippen LogP contribution in [0.4, 0.5) is 0 Å². The quantitative estimate of drug-likeness (QED) is 0.141. The molecule has 0 radical (unpaired) electrons. The number of nitrogens with zero attached hydrogens (tertiary/aromatic N) is 1. The number of aliphatic hydroxyl groups is 2. The van der Waals surface area contributed by atoms with Crippen LogP contribution in [0.1, 0.15) is 142 Å². The van der Waals surface area contributed by atoms with Crippen LogP contribution in [0, 0.1) is 0 Å². The zero-order valence-electron chi connectivity index (χ0n) is 20.7. The van der Waals surface area contributed by atoms with Crippen molar-refractivity contribution in [3.63, 3.8) is 0 Å². The fraction of sp³-hybridized carbons (Fsp3) is 1.00. The maximum Gasteiger partial charge on any atom is 0.0431 e. The fourth-order valence-corrected chi connectivity index (χ4v) is 4.29. The molecule has 0 fully saturated rings. The minimum absolute atomic E-state index is 0.354. The predicted octanol–water partition coefficient (Wildman–Crippen LogP) is 7.49. The van der Waals surface area contributed by atoms with Crippen LogP contribution >= 0.6 is 0 Å². The van der Waals surface area contributed by atoms with E-state index < -0.39 is 0 Å². The van der Waals surface area contributed by atoms with Crippen molar-refractivity contribution >= 4 is 0 Å². The van der Waals surface area contributed by atoms with E-state index in [1.165, 1.54) is 142 Å². The van der Waals surface area contributed by atoms with Crippen molar-refractivity contribution in [2.75, 3.05) is 32.8 Å². The van der Waals surface area contributed by atoms with Crippen LogP contribution < -0.4 is 0 Å². The third-order valence-electron chi connectivity index (χ3n) is 6.34. The van der Waals surface area contributed by atoms with Crippen molar-refractivity contribution in [2.45, 2.75) is 142 Å². The highest BCUT2D eigenvalue weighted by Gasteiger charge is 2.05. The predicted molar refractivity (Wildman–Crippen MR) is 133 cm³/mol. The molecule has 0 spiro atoms. The van der Waals surface area contributed by atoms with Crippen LogP contribution in [0.5, 0.6) is 0 Å². The van der Waals surface area contributed by atoms with Gasteiger partial charge in [-0.2, -0.15) is 0 Å². The molecular weight excluding hydrogens is 370 g/mol. The van der Waals surface area contributed by atoms with Gasteiger partial charge in [-0.25, -0.2) is 0 Å². The molecule has 0 aliphatic carbocycles. The van der Waals surface area contributed by atoms with Crippen molar-refractivity contribution in [3.05, 3.63) is 0 Å². The van der Waals surface area contributed by atoms with Gasteiger partial charge in [0.25, 0.3) is 0 Å². The second-order valence-electron chi connectivity index (χ2n) is 9.36. The first-order chi connectivity index (χ1) is 14.8. The van der Waals surface area contributed by atoms with Gasteiger partial charge in [0.1, 0.15) is 0 Å². The molecule has 3 heteroatoms. The van der Waals surface area contributed by atoms with Gasteiger partial charge < -0.3 is 15.1 Å². The normalized spacial score (nSPS) is 11.6. The number of rotatable bonds is 26. The Kier molecular flexibility index (Phi) is 26.8. The summed E-state index contributed by atoms with van der Waals surface area (Å²) in [5, 5.41) is 17.7. The summed E-state index contributed by atoms with van der Waals surface area (Å²) >= 11 is 0. The van der Waals surface area contributed by atoms with Gasteiger partial charge in [0.2, 0.25) is 0 Å². The Morgan fingerprint density at radius 3 is 0.933 bits per heavy atom. The lowest BCUT2D eigenvalue weighted by Crippen LogP contribution is -2.27. The van der Waals surface area contributed by atoms with E-state index in [-0.39, 0.29) is 0 Å². The molecule has 0 atom stereocenters. The SMILES string of the molecule is CCCCCCCCCCCN(CCCCCCCCO)CCCCCCCCO. The molecule has 0 aromatic heterocycles. The summed E-state index contributed by atoms with van der Waals surface area (Å²) in [7, 11) is 0. The molecule has 0 saturated heterocycles. The van der Waals surface area contributed by atoms with E-state index in [1.807, 2.05) is 0 Å². The van der Waals surface area contributed by atoms with Crippen molar-refractivity contribution in [3.8, 4) is 0 Å². The lowest BCUT2D eigenvalue weighted by molar-refractivity contribution is 0.252. The summed E-state index contributed by atoms with van der Waals surface area (Å²) in [4.78, 5) is 2.74. The van der Waals surface area contributed by atoms with Gasteiger partial charge in [0.05, 0.1) is 0 Å². The third kappa shape index (κ3) is 24.2. The lowest BCUT2D eigenvalue weighted by Gasteiger charge is -2.22. The van der Waals surface area contributed by atoms with Gasteiger partial charge in [-0.05, 0) is 51.7 Å². The highest BCUT2D eigenvalue weighted by Crippen LogP contribution is 2.12. The van der Waals surface area contributed by atoms with Gasteiger partial charge in [-0.3, -0.25) is 0 Å². The van der Waals surface area contributed by atoms with Gasteiger partial charge in [-0.15, -0.1) is 0 Å². The van der Waals surface area contributed by atoms with Crippen molar-refractivity contribution in [2.24, 2.45) is 0 Å². The summed E-state index contributed by atoms with van der Waals surface area (Å²) in [6.07, 6.45) is 27.7. The maximum absolute atomic E-state index is 8.87. The van der Waals surface area contributed by atoms with Crippen LogP contribution in [0.25, 0.3) is 0 Å². The summed E-state index contributed by atoms with van der Waals surface area (Å²) in [6.45, 7) is 6.85. The minimum atomic E-state index is 0.354. The van der Waals surface area contributed by atoms with Crippen LogP contribution in [0.3, 0.4) is 0 Å². The molecule has 3 nitrogen and oxygen atoms in total. The van der Waals surface area contributed by atoms with E-state index >= 15 is 0 Å². The molecule has 0 rings (SSSR count). The summed E-state index contributed by atoms with van der Waals surface area (Å²) in [5.41, 5.74) is 0. The smallest absolute Gasteiger partial charge is 0.0431 e. The first-order valence-corrected chi connectivity index (χ1v) is 13.8. The van der Waals surface area contributed by atoms with Crippen molar-refractivity contribution in [1.82, 2.24) is 4.90 Å². The largest absolute Gasteiger partial charge is 0.396 e. The van der Waals surface area contributed by atoms with E-state index in [1.54, 1.807) is 0 Å². The molecule has 0 unspecified atom stereocenters. The monoisotopic (exact) mass is 427 g/mol. The molecule has 2 N–H and O–H groups in total. The Bertz CT molecular complexity index is 281. The number of hydrogen-bond donors (Lipinski definition) is 2. The molecule has 0 aliphatic heterocycles. The minimum Gasteiger partial charge on any atom is -0.396 e. The molecule has 0 aromatic rings. The molecular formula is C27H57NO2. The van der Waals surface area contributed by atoms with Crippen LogP contribution in [-0.2, 0) is 0 Å². The molecule has 182 valence electrons. The Hall–Kier alpha value is -0.120. The highest BCUT2D eigenvalue weighted by atomic mass is 16.3. The summed E-state index contributed by atoms with van der Waals surface area (Å²) < 4.78 is 0. The van der Waals surface area contributed by atoms with Crippen molar-refractivity contribution < 1.29 is 10.2 Å². The van der Waals surface area contributed by atoms with Gasteiger partial charge >= 0.3 is 0 Å². The van der Waals surface area contributed by atoms with Gasteiger partial charge in [0, 0.05) is 13.2 Å². The molecule has 0 saturated carbocycles. The molecule has 0 amide bonds. The molecule has 0 aromatic carbocycles. The zero-order chi connectivity index (χ0) is 22.0. The third-order valence-corrected chi connectivity index (χ3v) is 6.34. The number of aliphatic hydroxyl groups excluding tert-OH is 2. The standard InChI is InChI=1S/C27H57NO2/c1-2-3-4-5-6-7-8-13-18-23-28(24-19-14-9-11-16-21-26-29)25-20-15-10-12-17-22-27-30/h29-30H,2-27H2,1H3. The first kappa shape index (κ1) is 29.9. The summed E-state index contributed by atoms with van der Waals surface area (Å²) in [6, 6.07) is 0. The maximum atomic E-state index is 8.87. The Morgan fingerprint density at radius 2 is 0.633 bits per heavy atom. The molecule has 0 heterocycles. The average Bonchev–Trinajstić information content (AvgIpc) is 2.76. The van der Waals surface area contributed by atoms with E-state index in [2.05, 4.69) is 11.8 Å². The van der Waals surface area contributed by atoms with Gasteiger partial charge in [0.15, 0.2) is 0 Å². The number of hydrogen-bond acceptors (Lipinski definition) is 3. The highest BCUT2D eigenvalue weighted by molar-refractivity contribution is 4.60. The topological polar surface area (TPSA) is 43.7 Å². The lowest BCUT2D eigenvalue weighted by atomic mass is 10.1. The number of unbranched alkanes of at least 4 members (excludes halogenated alkanes) is 18. The van der Waals surface area contributed by atoms with Crippen molar-refractivity contribution in [1.29, 1.82) is 0 Å². The van der Waals surface area contributed by atoms with Crippen LogP contribution in [0.2, 0.25) is 0 Å². The van der Waals surface area contributed by atoms with Crippen LogP contribution in [-0.4, -0.2) is 48.0 Å². The van der Waals surface area contributed by atoms with Gasteiger partial charge in [-0.1, -0.05) is 110 Å². The Balaban J connectivity index is 3.80.